The van der Waals surface area contributed by atoms with Crippen molar-refractivity contribution in [1.82, 2.24) is 23.3 Å². The molecule has 1 aromatic heterocycles. The van der Waals surface area contributed by atoms with Crippen LogP contribution in [0.2, 0.25) is 0 Å². The van der Waals surface area contributed by atoms with Gasteiger partial charge < -0.3 is 4.90 Å². The molecule has 2 saturated heterocycles. The number of hydrogen-bond acceptors (Lipinski definition) is 4. The number of hydrogen-bond donors (Lipinski definition) is 0. The molecule has 2 aliphatic heterocycles. The zero-order chi connectivity index (χ0) is 20.3. The average Bonchev–Trinajstić information content (AvgIpc) is 3.08. The number of piperazine rings is 1. The maximum absolute atomic E-state index is 12.9. The van der Waals surface area contributed by atoms with Gasteiger partial charge in [0, 0.05) is 45.5 Å². The summed E-state index contributed by atoms with van der Waals surface area (Å²) in [4.78, 5) is 14.6. The molecule has 0 spiro atoms. The molecule has 3 heterocycles. The van der Waals surface area contributed by atoms with E-state index in [0.29, 0.717) is 44.8 Å². The second-order valence-electron chi connectivity index (χ2n) is 7.52. The lowest BCUT2D eigenvalue weighted by Crippen LogP contribution is -2.54. The minimum Gasteiger partial charge on any atom is -0.336 e. The molecule has 0 aliphatic carbocycles. The van der Waals surface area contributed by atoms with Crippen molar-refractivity contribution in [3.05, 3.63) is 48.3 Å². The number of carbonyl (C=O) groups excluding carboxylic acids is 1. The first kappa shape index (κ1) is 20.1. The van der Waals surface area contributed by atoms with Gasteiger partial charge in [-0.25, -0.2) is 4.68 Å². The topological polar surface area (TPSA) is 78.8 Å². The first-order chi connectivity index (χ1) is 14.1. The molecule has 0 bridgehead atoms. The van der Waals surface area contributed by atoms with Gasteiger partial charge in [0.15, 0.2) is 0 Å². The Kier molecular flexibility index (Phi) is 5.98. The highest BCUT2D eigenvalue weighted by molar-refractivity contribution is 7.86. The number of para-hydroxylation sites is 1. The van der Waals surface area contributed by atoms with Crippen molar-refractivity contribution < 1.29 is 13.2 Å². The molecule has 8 nitrogen and oxygen atoms in total. The minimum atomic E-state index is -3.44. The fourth-order valence-corrected chi connectivity index (χ4v) is 5.57. The van der Waals surface area contributed by atoms with Gasteiger partial charge in [-0.1, -0.05) is 31.0 Å². The molecule has 29 heavy (non-hydrogen) atoms. The highest BCUT2D eigenvalue weighted by Crippen LogP contribution is 2.19. The van der Waals surface area contributed by atoms with Crippen LogP contribution in [-0.2, 0) is 10.2 Å². The monoisotopic (exact) mass is 417 g/mol. The van der Waals surface area contributed by atoms with Gasteiger partial charge >= 0.3 is 0 Å². The molecule has 156 valence electrons. The Hall–Kier alpha value is -2.23. The van der Waals surface area contributed by atoms with E-state index in [2.05, 4.69) is 5.10 Å². The number of rotatable bonds is 4. The number of aromatic nitrogens is 2. The quantitative estimate of drug-likeness (QED) is 0.759. The van der Waals surface area contributed by atoms with Crippen molar-refractivity contribution in [2.24, 2.45) is 0 Å². The molecule has 0 saturated carbocycles. The van der Waals surface area contributed by atoms with Crippen LogP contribution >= 0.6 is 0 Å². The highest BCUT2D eigenvalue weighted by atomic mass is 32.2. The molecule has 4 rings (SSSR count). The van der Waals surface area contributed by atoms with E-state index in [4.69, 9.17) is 0 Å². The molecule has 0 N–H and O–H groups in total. The van der Waals surface area contributed by atoms with Crippen LogP contribution in [0.5, 0.6) is 0 Å². The predicted molar refractivity (Wildman–Crippen MR) is 110 cm³/mol. The van der Waals surface area contributed by atoms with Gasteiger partial charge in [-0.3, -0.25) is 4.79 Å². The lowest BCUT2D eigenvalue weighted by molar-refractivity contribution is 0.0694. The standard InChI is InChI=1S/C20H27N5O3S/c26-20(18-16-21-25(17-18)19-8-4-3-5-9-19)22-12-14-24(15-13-22)29(27,28)23-10-6-1-2-7-11-23/h3-5,8-9,16-17H,1-2,6-7,10-15H2. The highest BCUT2D eigenvalue weighted by Gasteiger charge is 2.33. The summed E-state index contributed by atoms with van der Waals surface area (Å²) in [6, 6.07) is 9.62. The van der Waals surface area contributed by atoms with Crippen molar-refractivity contribution in [1.29, 1.82) is 0 Å². The summed E-state index contributed by atoms with van der Waals surface area (Å²) >= 11 is 0. The Balaban J connectivity index is 1.38. The molecule has 2 aliphatic rings. The van der Waals surface area contributed by atoms with E-state index in [-0.39, 0.29) is 5.91 Å². The zero-order valence-electron chi connectivity index (χ0n) is 16.5. The first-order valence-corrected chi connectivity index (χ1v) is 11.6. The van der Waals surface area contributed by atoms with Gasteiger partial charge in [0.25, 0.3) is 16.1 Å². The lowest BCUT2D eigenvalue weighted by atomic mass is 10.2. The van der Waals surface area contributed by atoms with E-state index in [1.165, 1.54) is 4.31 Å². The normalized spacial score (nSPS) is 19.8. The zero-order valence-corrected chi connectivity index (χ0v) is 17.3. The summed E-state index contributed by atoms with van der Waals surface area (Å²) in [5, 5.41) is 4.28. The fraction of sp³-hybridized carbons (Fsp3) is 0.500. The summed E-state index contributed by atoms with van der Waals surface area (Å²) < 4.78 is 30.7. The second-order valence-corrected chi connectivity index (χ2v) is 9.45. The van der Waals surface area contributed by atoms with Crippen molar-refractivity contribution in [2.45, 2.75) is 25.7 Å². The van der Waals surface area contributed by atoms with E-state index in [9.17, 15) is 13.2 Å². The van der Waals surface area contributed by atoms with Gasteiger partial charge in [0.05, 0.1) is 17.4 Å². The number of benzene rings is 1. The second kappa shape index (κ2) is 8.64. The van der Waals surface area contributed by atoms with Crippen LogP contribution in [0.3, 0.4) is 0 Å². The summed E-state index contributed by atoms with van der Waals surface area (Å²) in [6.07, 6.45) is 7.30. The molecular formula is C20H27N5O3S. The summed E-state index contributed by atoms with van der Waals surface area (Å²) in [5.74, 6) is -0.112. The van der Waals surface area contributed by atoms with Crippen LogP contribution in [0.1, 0.15) is 36.0 Å². The van der Waals surface area contributed by atoms with Crippen LogP contribution in [0.4, 0.5) is 0 Å². The van der Waals surface area contributed by atoms with Gasteiger partial charge in [0.1, 0.15) is 0 Å². The average molecular weight is 418 g/mol. The van der Waals surface area contributed by atoms with Crippen LogP contribution in [-0.4, -0.2) is 76.9 Å². The van der Waals surface area contributed by atoms with Crippen molar-refractivity contribution in [2.75, 3.05) is 39.3 Å². The van der Waals surface area contributed by atoms with Crippen molar-refractivity contribution in [3.8, 4) is 5.69 Å². The summed E-state index contributed by atoms with van der Waals surface area (Å²) in [5.41, 5.74) is 1.40. The Bertz CT molecular complexity index is 928. The minimum absolute atomic E-state index is 0.112. The Morgan fingerprint density at radius 1 is 0.828 bits per heavy atom. The Morgan fingerprint density at radius 3 is 2.10 bits per heavy atom. The molecular weight excluding hydrogens is 390 g/mol. The third-order valence-electron chi connectivity index (χ3n) is 5.59. The van der Waals surface area contributed by atoms with Crippen LogP contribution in [0, 0.1) is 0 Å². The largest absolute Gasteiger partial charge is 0.336 e. The fourth-order valence-electron chi connectivity index (χ4n) is 3.90. The first-order valence-electron chi connectivity index (χ1n) is 10.2. The number of carbonyl (C=O) groups is 1. The third-order valence-corrected chi connectivity index (χ3v) is 7.63. The van der Waals surface area contributed by atoms with Crippen molar-refractivity contribution in [3.63, 3.8) is 0 Å². The smallest absolute Gasteiger partial charge is 0.282 e. The molecule has 0 radical (unpaired) electrons. The molecule has 1 amide bonds. The SMILES string of the molecule is O=C(c1cnn(-c2ccccc2)c1)N1CCN(S(=O)(=O)N2CCCCCC2)CC1. The lowest BCUT2D eigenvalue weighted by Gasteiger charge is -2.36. The van der Waals surface area contributed by atoms with Crippen LogP contribution in [0.15, 0.2) is 42.7 Å². The number of amides is 1. The van der Waals surface area contributed by atoms with Gasteiger partial charge in [-0.15, -0.1) is 0 Å². The maximum atomic E-state index is 12.9. The third kappa shape index (κ3) is 4.36. The molecule has 2 fully saturated rings. The number of nitrogens with zero attached hydrogens (tertiary/aromatic N) is 5. The van der Waals surface area contributed by atoms with Crippen molar-refractivity contribution >= 4 is 16.1 Å². The Morgan fingerprint density at radius 2 is 1.45 bits per heavy atom. The van der Waals surface area contributed by atoms with E-state index in [1.807, 2.05) is 30.3 Å². The van der Waals surface area contributed by atoms with Gasteiger partial charge in [-0.05, 0) is 25.0 Å². The predicted octanol–water partition coefficient (Wildman–Crippen LogP) is 1.75. The molecule has 9 heteroatoms. The van der Waals surface area contributed by atoms with E-state index >= 15 is 0 Å². The van der Waals surface area contributed by atoms with Crippen LogP contribution < -0.4 is 0 Å². The van der Waals surface area contributed by atoms with E-state index in [1.54, 1.807) is 26.3 Å². The van der Waals surface area contributed by atoms with E-state index in [0.717, 1.165) is 31.4 Å². The van der Waals surface area contributed by atoms with Gasteiger partial charge in [-0.2, -0.15) is 22.1 Å². The van der Waals surface area contributed by atoms with Gasteiger partial charge in [0.2, 0.25) is 0 Å². The molecule has 0 atom stereocenters. The molecule has 0 unspecified atom stereocenters. The van der Waals surface area contributed by atoms with E-state index < -0.39 is 10.2 Å². The Labute approximate surface area is 171 Å². The van der Waals surface area contributed by atoms with Crippen LogP contribution in [0.25, 0.3) is 5.69 Å². The maximum Gasteiger partial charge on any atom is 0.282 e. The summed E-state index contributed by atoms with van der Waals surface area (Å²) in [7, 11) is -3.44. The molecule has 1 aromatic carbocycles. The summed E-state index contributed by atoms with van der Waals surface area (Å²) in [6.45, 7) is 2.64. The molecule has 2 aromatic rings.